The maximum absolute atomic E-state index is 13.0. The number of aromatic nitrogens is 3. The van der Waals surface area contributed by atoms with Crippen LogP contribution >= 0.6 is 11.6 Å². The fraction of sp³-hybridized carbons (Fsp3) is 0.118. The molecule has 1 amide bonds. The molecule has 0 aliphatic rings. The highest BCUT2D eigenvalue weighted by atomic mass is 35.5. The smallest absolute Gasteiger partial charge is 0.295 e. The molecule has 0 fully saturated rings. The lowest BCUT2D eigenvalue weighted by atomic mass is 10.2. The number of amides is 1. The van der Waals surface area contributed by atoms with Crippen LogP contribution < -0.4 is 5.32 Å². The highest BCUT2D eigenvalue weighted by Crippen LogP contribution is 2.20. The van der Waals surface area contributed by atoms with Gasteiger partial charge in [-0.3, -0.25) is 4.79 Å². The summed E-state index contributed by atoms with van der Waals surface area (Å²) in [7, 11) is 0. The molecule has 3 rings (SSSR count). The summed E-state index contributed by atoms with van der Waals surface area (Å²) in [6, 6.07) is 11.0. The number of aryl methyl sites for hydroxylation is 2. The van der Waals surface area contributed by atoms with E-state index in [9.17, 15) is 9.18 Å². The molecule has 0 atom stereocenters. The van der Waals surface area contributed by atoms with E-state index in [4.69, 9.17) is 11.6 Å². The predicted molar refractivity (Wildman–Crippen MR) is 90.2 cm³/mol. The molecule has 0 aliphatic heterocycles. The number of nitrogens with one attached hydrogen (secondary N) is 1. The first-order chi connectivity index (χ1) is 11.4. The molecule has 122 valence electrons. The first-order valence-corrected chi connectivity index (χ1v) is 7.59. The molecule has 3 aromatic rings. The Labute approximate surface area is 143 Å². The Morgan fingerprint density at radius 1 is 1.17 bits per heavy atom. The van der Waals surface area contributed by atoms with Gasteiger partial charge in [-0.2, -0.15) is 0 Å². The maximum atomic E-state index is 13.0. The van der Waals surface area contributed by atoms with Crippen LogP contribution in [0.3, 0.4) is 0 Å². The van der Waals surface area contributed by atoms with Crippen molar-refractivity contribution in [3.8, 4) is 5.69 Å². The number of halogens is 2. The molecular weight excluding hydrogens is 331 g/mol. The number of rotatable bonds is 3. The van der Waals surface area contributed by atoms with Gasteiger partial charge in [0.05, 0.1) is 5.69 Å². The van der Waals surface area contributed by atoms with Gasteiger partial charge in [0.15, 0.2) is 0 Å². The molecule has 1 aromatic heterocycles. The van der Waals surface area contributed by atoms with Gasteiger partial charge in [-0.05, 0) is 55.8 Å². The van der Waals surface area contributed by atoms with Crippen LogP contribution in [0.4, 0.5) is 10.1 Å². The summed E-state index contributed by atoms with van der Waals surface area (Å²) in [6.45, 7) is 3.60. The first kappa shape index (κ1) is 16.1. The normalized spacial score (nSPS) is 10.7. The van der Waals surface area contributed by atoms with Crippen molar-refractivity contribution in [3.05, 3.63) is 70.5 Å². The van der Waals surface area contributed by atoms with Gasteiger partial charge in [0.25, 0.3) is 5.91 Å². The number of hydrogen-bond acceptors (Lipinski definition) is 3. The summed E-state index contributed by atoms with van der Waals surface area (Å²) in [6.07, 6.45) is 0. The number of anilines is 1. The number of carbonyl (C=O) groups excluding carboxylic acids is 1. The van der Waals surface area contributed by atoms with Crippen LogP contribution in [-0.2, 0) is 0 Å². The molecule has 7 heteroatoms. The highest BCUT2D eigenvalue weighted by molar-refractivity contribution is 6.31. The van der Waals surface area contributed by atoms with Crippen LogP contribution in [0.25, 0.3) is 5.69 Å². The molecule has 0 radical (unpaired) electrons. The quantitative estimate of drug-likeness (QED) is 0.783. The van der Waals surface area contributed by atoms with Gasteiger partial charge in [-0.1, -0.05) is 17.7 Å². The van der Waals surface area contributed by atoms with E-state index in [1.54, 1.807) is 31.2 Å². The van der Waals surface area contributed by atoms with Crippen molar-refractivity contribution < 1.29 is 9.18 Å². The molecule has 24 heavy (non-hydrogen) atoms. The van der Waals surface area contributed by atoms with Crippen LogP contribution in [0.15, 0.2) is 42.5 Å². The lowest BCUT2D eigenvalue weighted by Gasteiger charge is -2.04. The average Bonchev–Trinajstić information content (AvgIpc) is 2.94. The van der Waals surface area contributed by atoms with E-state index in [1.165, 1.54) is 16.8 Å². The Morgan fingerprint density at radius 3 is 2.54 bits per heavy atom. The third kappa shape index (κ3) is 3.28. The topological polar surface area (TPSA) is 59.8 Å². The third-order valence-corrected chi connectivity index (χ3v) is 3.88. The second-order valence-electron chi connectivity index (χ2n) is 5.29. The second kappa shape index (κ2) is 6.41. The molecular formula is C17H14ClFN4O. The zero-order valence-electron chi connectivity index (χ0n) is 13.0. The summed E-state index contributed by atoms with van der Waals surface area (Å²) in [5, 5.41) is 7.45. The van der Waals surface area contributed by atoms with Crippen LogP contribution in [0, 0.1) is 19.7 Å². The van der Waals surface area contributed by atoms with E-state index < -0.39 is 5.91 Å². The highest BCUT2D eigenvalue weighted by Gasteiger charge is 2.15. The van der Waals surface area contributed by atoms with E-state index in [0.717, 1.165) is 5.56 Å². The van der Waals surface area contributed by atoms with Gasteiger partial charge < -0.3 is 5.32 Å². The van der Waals surface area contributed by atoms with E-state index in [0.29, 0.717) is 22.2 Å². The van der Waals surface area contributed by atoms with Crippen molar-refractivity contribution in [2.24, 2.45) is 0 Å². The number of nitrogens with zero attached hydrogens (tertiary/aromatic N) is 3. The molecule has 0 spiro atoms. The molecule has 0 saturated carbocycles. The van der Waals surface area contributed by atoms with Crippen molar-refractivity contribution in [1.29, 1.82) is 0 Å². The van der Waals surface area contributed by atoms with E-state index in [2.05, 4.69) is 15.4 Å². The lowest BCUT2D eigenvalue weighted by Crippen LogP contribution is -2.14. The number of carbonyl (C=O) groups is 1. The molecule has 0 unspecified atom stereocenters. The minimum atomic E-state index is -0.445. The number of hydrogen-bond donors (Lipinski definition) is 1. The van der Waals surface area contributed by atoms with Crippen molar-refractivity contribution in [3.63, 3.8) is 0 Å². The van der Waals surface area contributed by atoms with Gasteiger partial charge in [0.2, 0.25) is 5.82 Å². The van der Waals surface area contributed by atoms with Crippen molar-refractivity contribution in [2.75, 3.05) is 5.32 Å². The Balaban J connectivity index is 1.84. The largest absolute Gasteiger partial charge is 0.319 e. The van der Waals surface area contributed by atoms with Crippen molar-refractivity contribution in [2.45, 2.75) is 13.8 Å². The SMILES string of the molecule is Cc1ccc(NC(=O)c2nc(C)n(-c3ccc(F)cc3)n2)cc1Cl. The zero-order chi connectivity index (χ0) is 17.3. The van der Waals surface area contributed by atoms with Gasteiger partial charge in [0.1, 0.15) is 11.6 Å². The van der Waals surface area contributed by atoms with E-state index >= 15 is 0 Å². The van der Waals surface area contributed by atoms with Crippen LogP contribution in [0.5, 0.6) is 0 Å². The Hall–Kier alpha value is -2.73. The minimum Gasteiger partial charge on any atom is -0.319 e. The fourth-order valence-corrected chi connectivity index (χ4v) is 2.35. The lowest BCUT2D eigenvalue weighted by molar-refractivity contribution is 0.101. The maximum Gasteiger partial charge on any atom is 0.295 e. The van der Waals surface area contributed by atoms with Gasteiger partial charge in [-0.15, -0.1) is 5.10 Å². The predicted octanol–water partition coefficient (Wildman–Crippen LogP) is 3.93. The van der Waals surface area contributed by atoms with Crippen LogP contribution in [0.1, 0.15) is 22.0 Å². The van der Waals surface area contributed by atoms with Crippen LogP contribution in [0.2, 0.25) is 5.02 Å². The summed E-state index contributed by atoms with van der Waals surface area (Å²) >= 11 is 6.05. The summed E-state index contributed by atoms with van der Waals surface area (Å²) in [5.74, 6) is -0.244. The molecule has 1 heterocycles. The number of benzene rings is 2. The Morgan fingerprint density at radius 2 is 1.88 bits per heavy atom. The standard InChI is InChI=1S/C17H14ClFN4O/c1-10-3-6-13(9-15(10)18)21-17(24)16-20-11(2)23(22-16)14-7-4-12(19)5-8-14/h3-9H,1-2H3,(H,21,24). The third-order valence-electron chi connectivity index (χ3n) is 3.47. The zero-order valence-corrected chi connectivity index (χ0v) is 13.8. The minimum absolute atomic E-state index is 0.0218. The Bertz CT molecular complexity index is 905. The van der Waals surface area contributed by atoms with Crippen LogP contribution in [-0.4, -0.2) is 20.7 Å². The Kier molecular flexibility index (Phi) is 4.31. The monoisotopic (exact) mass is 344 g/mol. The fourth-order valence-electron chi connectivity index (χ4n) is 2.17. The summed E-state index contributed by atoms with van der Waals surface area (Å²) < 4.78 is 14.5. The molecule has 1 N–H and O–H groups in total. The van der Waals surface area contributed by atoms with Gasteiger partial charge in [0, 0.05) is 10.7 Å². The van der Waals surface area contributed by atoms with Gasteiger partial charge in [-0.25, -0.2) is 14.1 Å². The van der Waals surface area contributed by atoms with E-state index in [1.807, 2.05) is 13.0 Å². The first-order valence-electron chi connectivity index (χ1n) is 7.21. The molecule has 0 aliphatic carbocycles. The van der Waals surface area contributed by atoms with Gasteiger partial charge >= 0.3 is 0 Å². The summed E-state index contributed by atoms with van der Waals surface area (Å²) in [4.78, 5) is 16.5. The molecule has 0 saturated heterocycles. The molecule has 5 nitrogen and oxygen atoms in total. The van der Waals surface area contributed by atoms with Crippen molar-refractivity contribution in [1.82, 2.24) is 14.8 Å². The summed E-state index contributed by atoms with van der Waals surface area (Å²) in [5.41, 5.74) is 2.11. The average molecular weight is 345 g/mol. The van der Waals surface area contributed by atoms with E-state index in [-0.39, 0.29) is 11.6 Å². The van der Waals surface area contributed by atoms with Crippen molar-refractivity contribution >= 4 is 23.2 Å². The molecule has 2 aromatic carbocycles. The molecule has 0 bridgehead atoms. The second-order valence-corrected chi connectivity index (χ2v) is 5.70.